The molecule has 1 unspecified atom stereocenters. The average Bonchev–Trinajstić information content (AvgIpc) is 2.62. The fourth-order valence-corrected chi connectivity index (χ4v) is 2.36. The van der Waals surface area contributed by atoms with Gasteiger partial charge in [0.1, 0.15) is 0 Å². The number of rotatable bonds is 6. The van der Waals surface area contributed by atoms with Crippen LogP contribution in [0.5, 0.6) is 0 Å². The Morgan fingerprint density at radius 3 is 2.64 bits per heavy atom. The first-order chi connectivity index (χ1) is 6.76. The van der Waals surface area contributed by atoms with Gasteiger partial charge in [0.25, 0.3) is 0 Å². The zero-order chi connectivity index (χ0) is 10.4. The number of aryl methyl sites for hydroxylation is 1. The lowest BCUT2D eigenvalue weighted by Gasteiger charge is -2.09. The van der Waals surface area contributed by atoms with Crippen LogP contribution in [0.2, 0.25) is 0 Å². The summed E-state index contributed by atoms with van der Waals surface area (Å²) in [6.07, 6.45) is 2.05. The Bertz CT molecular complexity index is 260. The van der Waals surface area contributed by atoms with Gasteiger partial charge in [0, 0.05) is 22.4 Å². The smallest absolute Gasteiger partial charge is 0.0620 e. The van der Waals surface area contributed by atoms with Crippen LogP contribution in [0.4, 0.5) is 0 Å². The molecule has 80 valence electrons. The molecule has 0 spiro atoms. The molecule has 0 saturated carbocycles. The highest BCUT2D eigenvalue weighted by atomic mass is 32.1. The van der Waals surface area contributed by atoms with Crippen molar-refractivity contribution in [3.05, 3.63) is 21.9 Å². The molecule has 3 heteroatoms. The van der Waals surface area contributed by atoms with Crippen LogP contribution >= 0.6 is 11.3 Å². The van der Waals surface area contributed by atoms with E-state index < -0.39 is 0 Å². The van der Waals surface area contributed by atoms with E-state index in [0.717, 1.165) is 19.4 Å². The fraction of sp³-hybridized carbons (Fsp3) is 0.636. The molecule has 0 amide bonds. The molecular formula is C11H19NOS. The van der Waals surface area contributed by atoms with Crippen molar-refractivity contribution >= 4 is 11.3 Å². The van der Waals surface area contributed by atoms with E-state index in [1.165, 1.54) is 9.75 Å². The highest BCUT2D eigenvalue weighted by molar-refractivity contribution is 7.11. The molecule has 1 aromatic rings. The van der Waals surface area contributed by atoms with Crippen molar-refractivity contribution in [2.24, 2.45) is 5.73 Å². The molecule has 2 nitrogen and oxygen atoms in total. The quantitative estimate of drug-likeness (QED) is 0.786. The Kier molecular flexibility index (Phi) is 5.15. The monoisotopic (exact) mass is 213 g/mol. The molecule has 2 N–H and O–H groups in total. The van der Waals surface area contributed by atoms with Crippen molar-refractivity contribution in [2.45, 2.75) is 32.7 Å². The van der Waals surface area contributed by atoms with Crippen molar-refractivity contribution in [1.82, 2.24) is 0 Å². The second kappa shape index (κ2) is 6.17. The first-order valence-corrected chi connectivity index (χ1v) is 5.98. The van der Waals surface area contributed by atoms with Gasteiger partial charge in [0.15, 0.2) is 0 Å². The van der Waals surface area contributed by atoms with Gasteiger partial charge in [-0.25, -0.2) is 0 Å². The lowest BCUT2D eigenvalue weighted by molar-refractivity contribution is 0.133. The molecule has 0 aliphatic heterocycles. The van der Waals surface area contributed by atoms with E-state index in [4.69, 9.17) is 10.5 Å². The largest absolute Gasteiger partial charge is 0.380 e. The van der Waals surface area contributed by atoms with E-state index >= 15 is 0 Å². The summed E-state index contributed by atoms with van der Waals surface area (Å²) in [4.78, 5) is 2.80. The van der Waals surface area contributed by atoms with Crippen molar-refractivity contribution in [2.75, 3.05) is 13.2 Å². The molecular weight excluding hydrogens is 194 g/mol. The SMILES string of the molecule is CCOCC(N)Cc1ccc(CC)s1. The maximum atomic E-state index is 5.92. The van der Waals surface area contributed by atoms with Gasteiger partial charge in [-0.2, -0.15) is 0 Å². The maximum absolute atomic E-state index is 5.92. The number of hydrogen-bond acceptors (Lipinski definition) is 3. The number of thiophene rings is 1. The molecule has 0 bridgehead atoms. The summed E-state index contributed by atoms with van der Waals surface area (Å²) in [5.74, 6) is 0. The third-order valence-corrected chi connectivity index (χ3v) is 3.32. The van der Waals surface area contributed by atoms with Crippen LogP contribution in [-0.4, -0.2) is 19.3 Å². The minimum absolute atomic E-state index is 0.137. The summed E-state index contributed by atoms with van der Waals surface area (Å²) < 4.78 is 5.28. The topological polar surface area (TPSA) is 35.2 Å². The van der Waals surface area contributed by atoms with E-state index in [1.807, 2.05) is 18.3 Å². The molecule has 0 radical (unpaired) electrons. The van der Waals surface area contributed by atoms with Crippen LogP contribution in [0.25, 0.3) is 0 Å². The Hall–Kier alpha value is -0.380. The standard InChI is InChI=1S/C11H19NOS/c1-3-10-5-6-11(14-10)7-9(12)8-13-4-2/h5-6,9H,3-4,7-8,12H2,1-2H3. The average molecular weight is 213 g/mol. The van der Waals surface area contributed by atoms with Crippen LogP contribution in [0.1, 0.15) is 23.6 Å². The molecule has 1 atom stereocenters. The van der Waals surface area contributed by atoms with Crippen LogP contribution < -0.4 is 5.73 Å². The second-order valence-corrected chi connectivity index (χ2v) is 4.60. The molecule has 1 rings (SSSR count). The predicted molar refractivity (Wildman–Crippen MR) is 61.9 cm³/mol. The maximum Gasteiger partial charge on any atom is 0.0620 e. The minimum atomic E-state index is 0.137. The predicted octanol–water partition coefficient (Wildman–Crippen LogP) is 2.22. The third kappa shape index (κ3) is 3.78. The number of nitrogens with two attached hydrogens (primary N) is 1. The molecule has 0 aromatic carbocycles. The second-order valence-electron chi connectivity index (χ2n) is 3.35. The molecule has 1 aromatic heterocycles. The van der Waals surface area contributed by atoms with E-state index in [2.05, 4.69) is 19.1 Å². The molecule has 0 aliphatic carbocycles. The van der Waals surface area contributed by atoms with Crippen molar-refractivity contribution in [3.63, 3.8) is 0 Å². The van der Waals surface area contributed by atoms with Gasteiger partial charge in [0.05, 0.1) is 6.61 Å². The van der Waals surface area contributed by atoms with Crippen molar-refractivity contribution < 1.29 is 4.74 Å². The summed E-state index contributed by atoms with van der Waals surface area (Å²) in [6.45, 7) is 5.58. The summed E-state index contributed by atoms with van der Waals surface area (Å²) in [7, 11) is 0. The third-order valence-electron chi connectivity index (χ3n) is 2.07. The van der Waals surface area contributed by atoms with Crippen LogP contribution in [0.3, 0.4) is 0 Å². The summed E-state index contributed by atoms with van der Waals surface area (Å²) >= 11 is 1.86. The first kappa shape index (κ1) is 11.7. The Labute approximate surface area is 90.1 Å². The Morgan fingerprint density at radius 1 is 1.36 bits per heavy atom. The van der Waals surface area contributed by atoms with Crippen molar-refractivity contribution in [3.8, 4) is 0 Å². The van der Waals surface area contributed by atoms with E-state index in [9.17, 15) is 0 Å². The van der Waals surface area contributed by atoms with Gasteiger partial charge in [-0.15, -0.1) is 11.3 Å². The van der Waals surface area contributed by atoms with Crippen LogP contribution in [-0.2, 0) is 17.6 Å². The fourth-order valence-electron chi connectivity index (χ4n) is 1.31. The van der Waals surface area contributed by atoms with Crippen LogP contribution in [0.15, 0.2) is 12.1 Å². The summed E-state index contributed by atoms with van der Waals surface area (Å²) in [5, 5.41) is 0. The highest BCUT2D eigenvalue weighted by Gasteiger charge is 2.05. The number of hydrogen-bond donors (Lipinski definition) is 1. The summed E-state index contributed by atoms with van der Waals surface area (Å²) in [5.41, 5.74) is 5.92. The van der Waals surface area contributed by atoms with Gasteiger partial charge >= 0.3 is 0 Å². The molecule has 0 fully saturated rings. The van der Waals surface area contributed by atoms with Gasteiger partial charge in [0.2, 0.25) is 0 Å². The summed E-state index contributed by atoms with van der Waals surface area (Å²) in [6, 6.07) is 4.50. The molecule has 1 heterocycles. The highest BCUT2D eigenvalue weighted by Crippen LogP contribution is 2.18. The van der Waals surface area contributed by atoms with E-state index in [-0.39, 0.29) is 6.04 Å². The lowest BCUT2D eigenvalue weighted by Crippen LogP contribution is -2.28. The molecule has 0 saturated heterocycles. The lowest BCUT2D eigenvalue weighted by atomic mass is 10.2. The van der Waals surface area contributed by atoms with Crippen LogP contribution in [0, 0.1) is 0 Å². The minimum Gasteiger partial charge on any atom is -0.380 e. The Morgan fingerprint density at radius 2 is 2.07 bits per heavy atom. The van der Waals surface area contributed by atoms with Gasteiger partial charge in [-0.05, 0) is 31.9 Å². The van der Waals surface area contributed by atoms with Gasteiger partial charge in [-0.3, -0.25) is 0 Å². The van der Waals surface area contributed by atoms with E-state index in [1.54, 1.807) is 0 Å². The molecule has 14 heavy (non-hydrogen) atoms. The van der Waals surface area contributed by atoms with Gasteiger partial charge < -0.3 is 10.5 Å². The molecule has 0 aliphatic rings. The van der Waals surface area contributed by atoms with Gasteiger partial charge in [-0.1, -0.05) is 6.92 Å². The van der Waals surface area contributed by atoms with Crippen molar-refractivity contribution in [1.29, 1.82) is 0 Å². The Balaban J connectivity index is 2.35. The zero-order valence-electron chi connectivity index (χ0n) is 8.95. The van der Waals surface area contributed by atoms with E-state index in [0.29, 0.717) is 6.61 Å². The zero-order valence-corrected chi connectivity index (χ0v) is 9.77. The number of ether oxygens (including phenoxy) is 1. The normalized spacial score (nSPS) is 13.1. The first-order valence-electron chi connectivity index (χ1n) is 5.17.